The molecule has 1 aliphatic carbocycles. The van der Waals surface area contributed by atoms with E-state index in [0.29, 0.717) is 19.3 Å². The smallest absolute Gasteiger partial charge is 0.391 e. The second-order valence-corrected chi connectivity index (χ2v) is 4.91. The maximum Gasteiger partial charge on any atom is 0.391 e. The number of nitrogens with two attached hydrogens (primary N) is 1. The Morgan fingerprint density at radius 2 is 2.00 bits per heavy atom. The van der Waals surface area contributed by atoms with Crippen LogP contribution in [0.4, 0.5) is 18.0 Å². The first-order valence-corrected chi connectivity index (χ1v) is 6.57. The Bertz CT molecular complexity index is 347. The van der Waals surface area contributed by atoms with Crippen LogP contribution in [0, 0.1) is 11.8 Å². The summed E-state index contributed by atoms with van der Waals surface area (Å²) in [6.07, 6.45) is -3.16. The van der Waals surface area contributed by atoms with E-state index in [1.54, 1.807) is 0 Å². The molecule has 1 saturated carbocycles. The number of hydrogen-bond donors (Lipinski definition) is 2. The number of nitrogens with one attached hydrogen (secondary N) is 1. The van der Waals surface area contributed by atoms with Gasteiger partial charge in [0.25, 0.3) is 0 Å². The molecule has 0 heterocycles. The van der Waals surface area contributed by atoms with Crippen molar-refractivity contribution in [1.29, 1.82) is 0 Å². The van der Waals surface area contributed by atoms with Crippen LogP contribution in [0.1, 0.15) is 32.1 Å². The summed E-state index contributed by atoms with van der Waals surface area (Å²) >= 11 is 0. The summed E-state index contributed by atoms with van der Waals surface area (Å²) in [6.45, 7) is 0.324. The van der Waals surface area contributed by atoms with E-state index < -0.39 is 30.0 Å². The number of carbonyl (C=O) groups is 2. The largest absolute Gasteiger partial charge is 0.465 e. The first-order chi connectivity index (χ1) is 9.30. The van der Waals surface area contributed by atoms with Gasteiger partial charge in [0, 0.05) is 6.54 Å². The maximum atomic E-state index is 12.6. The van der Waals surface area contributed by atoms with Gasteiger partial charge in [0.05, 0.1) is 18.4 Å². The maximum absolute atomic E-state index is 12.6. The SMILES string of the molecule is NC(=O)NCCCOC(=O)[C@@H]1CCC[C@@H](C(F)(F)F)C1. The highest BCUT2D eigenvalue weighted by Crippen LogP contribution is 2.40. The van der Waals surface area contributed by atoms with Crippen molar-refractivity contribution < 1.29 is 27.5 Å². The molecule has 20 heavy (non-hydrogen) atoms. The van der Waals surface area contributed by atoms with Crippen molar-refractivity contribution in [3.8, 4) is 0 Å². The van der Waals surface area contributed by atoms with Crippen molar-refractivity contribution >= 4 is 12.0 Å². The number of ether oxygens (including phenoxy) is 1. The minimum Gasteiger partial charge on any atom is -0.465 e. The van der Waals surface area contributed by atoms with Gasteiger partial charge in [-0.05, 0) is 25.7 Å². The van der Waals surface area contributed by atoms with Crippen LogP contribution in [0.3, 0.4) is 0 Å². The first-order valence-electron chi connectivity index (χ1n) is 6.57. The molecule has 0 saturated heterocycles. The Balaban J connectivity index is 2.27. The average Bonchev–Trinajstić information content (AvgIpc) is 2.37. The highest BCUT2D eigenvalue weighted by molar-refractivity contribution is 5.72. The molecule has 0 aliphatic heterocycles. The van der Waals surface area contributed by atoms with E-state index in [1.807, 2.05) is 0 Å². The van der Waals surface area contributed by atoms with Crippen LogP contribution in [0.25, 0.3) is 0 Å². The minimum atomic E-state index is -4.25. The van der Waals surface area contributed by atoms with Crippen LogP contribution >= 0.6 is 0 Å². The van der Waals surface area contributed by atoms with E-state index in [1.165, 1.54) is 0 Å². The van der Waals surface area contributed by atoms with E-state index in [9.17, 15) is 22.8 Å². The van der Waals surface area contributed by atoms with Crippen molar-refractivity contribution in [3.05, 3.63) is 0 Å². The Labute approximate surface area is 115 Å². The van der Waals surface area contributed by atoms with E-state index in [2.05, 4.69) is 5.32 Å². The van der Waals surface area contributed by atoms with Crippen LogP contribution in [0.15, 0.2) is 0 Å². The molecule has 0 aromatic rings. The Morgan fingerprint density at radius 3 is 2.60 bits per heavy atom. The molecule has 1 rings (SSSR count). The van der Waals surface area contributed by atoms with Gasteiger partial charge in [-0.2, -0.15) is 13.2 Å². The van der Waals surface area contributed by atoms with Gasteiger partial charge in [-0.1, -0.05) is 6.42 Å². The molecular weight excluding hydrogens is 277 g/mol. The van der Waals surface area contributed by atoms with Crippen molar-refractivity contribution in [1.82, 2.24) is 5.32 Å². The van der Waals surface area contributed by atoms with Crippen LogP contribution in [-0.2, 0) is 9.53 Å². The lowest BCUT2D eigenvalue weighted by molar-refractivity contribution is -0.189. The molecule has 0 bridgehead atoms. The Kier molecular flexibility index (Phi) is 6.09. The highest BCUT2D eigenvalue weighted by Gasteiger charge is 2.43. The lowest BCUT2D eigenvalue weighted by atomic mass is 9.81. The third-order valence-electron chi connectivity index (χ3n) is 3.34. The van der Waals surface area contributed by atoms with Crippen LogP contribution < -0.4 is 11.1 Å². The van der Waals surface area contributed by atoms with Crippen LogP contribution in [0.2, 0.25) is 0 Å². The van der Waals surface area contributed by atoms with Gasteiger partial charge in [-0.25, -0.2) is 4.79 Å². The molecule has 3 N–H and O–H groups in total. The summed E-state index contributed by atoms with van der Waals surface area (Å²) in [6, 6.07) is -0.670. The van der Waals surface area contributed by atoms with Crippen molar-refractivity contribution in [2.75, 3.05) is 13.2 Å². The van der Waals surface area contributed by atoms with Gasteiger partial charge in [-0.15, -0.1) is 0 Å². The van der Waals surface area contributed by atoms with E-state index >= 15 is 0 Å². The molecule has 0 radical (unpaired) electrons. The predicted octanol–water partition coefficient (Wildman–Crippen LogP) is 1.96. The fraction of sp³-hybridized carbons (Fsp3) is 0.833. The molecule has 0 spiro atoms. The third-order valence-corrected chi connectivity index (χ3v) is 3.34. The fourth-order valence-corrected chi connectivity index (χ4v) is 2.28. The van der Waals surface area contributed by atoms with Crippen LogP contribution in [-0.4, -0.2) is 31.3 Å². The minimum absolute atomic E-state index is 0.0618. The normalized spacial score (nSPS) is 23.1. The van der Waals surface area contributed by atoms with Gasteiger partial charge in [0.1, 0.15) is 0 Å². The van der Waals surface area contributed by atoms with Crippen LogP contribution in [0.5, 0.6) is 0 Å². The molecule has 0 aromatic carbocycles. The molecule has 1 fully saturated rings. The Morgan fingerprint density at radius 1 is 1.30 bits per heavy atom. The zero-order valence-corrected chi connectivity index (χ0v) is 11.0. The second-order valence-electron chi connectivity index (χ2n) is 4.91. The standard InChI is InChI=1S/C12H19F3N2O3/c13-12(14,15)9-4-1-3-8(7-9)10(18)20-6-2-5-17-11(16)19/h8-9H,1-7H2,(H3,16,17,19)/t8-,9-/m1/s1. The number of primary amides is 1. The molecule has 0 aromatic heterocycles. The summed E-state index contributed by atoms with van der Waals surface area (Å²) in [7, 11) is 0. The van der Waals surface area contributed by atoms with Gasteiger partial charge >= 0.3 is 18.2 Å². The number of amides is 2. The second kappa shape index (κ2) is 7.35. The van der Waals surface area contributed by atoms with Gasteiger partial charge in [-0.3, -0.25) is 4.79 Å². The molecule has 2 amide bonds. The molecule has 2 atom stereocenters. The number of urea groups is 1. The topological polar surface area (TPSA) is 81.4 Å². The van der Waals surface area contributed by atoms with Crippen molar-refractivity contribution in [2.24, 2.45) is 17.6 Å². The lowest BCUT2D eigenvalue weighted by Gasteiger charge is -2.29. The summed E-state index contributed by atoms with van der Waals surface area (Å²) in [5, 5.41) is 2.32. The molecule has 8 heteroatoms. The predicted molar refractivity (Wildman–Crippen MR) is 64.7 cm³/mol. The first kappa shape index (κ1) is 16.6. The number of rotatable bonds is 5. The van der Waals surface area contributed by atoms with Gasteiger partial charge < -0.3 is 15.8 Å². The van der Waals surface area contributed by atoms with E-state index in [0.717, 1.165) is 0 Å². The van der Waals surface area contributed by atoms with Crippen molar-refractivity contribution in [3.63, 3.8) is 0 Å². The summed E-state index contributed by atoms with van der Waals surface area (Å²) < 4.78 is 42.7. The number of alkyl halides is 3. The molecule has 116 valence electrons. The Hall–Kier alpha value is -1.47. The lowest BCUT2D eigenvalue weighted by Crippen LogP contribution is -2.33. The quantitative estimate of drug-likeness (QED) is 0.601. The average molecular weight is 296 g/mol. The zero-order valence-electron chi connectivity index (χ0n) is 11.0. The van der Waals surface area contributed by atoms with Gasteiger partial charge in [0.15, 0.2) is 0 Å². The third kappa shape index (κ3) is 5.66. The molecular formula is C12H19F3N2O3. The van der Waals surface area contributed by atoms with E-state index in [4.69, 9.17) is 10.5 Å². The molecule has 5 nitrogen and oxygen atoms in total. The van der Waals surface area contributed by atoms with Gasteiger partial charge in [0.2, 0.25) is 0 Å². The number of halogens is 3. The summed E-state index contributed by atoms with van der Waals surface area (Å²) in [5.74, 6) is -2.68. The number of esters is 1. The fourth-order valence-electron chi connectivity index (χ4n) is 2.28. The van der Waals surface area contributed by atoms with Crippen molar-refractivity contribution in [2.45, 2.75) is 38.3 Å². The zero-order chi connectivity index (χ0) is 15.2. The molecule has 0 unspecified atom stereocenters. The number of carbonyl (C=O) groups excluding carboxylic acids is 2. The molecule has 1 aliphatic rings. The summed E-state index contributed by atoms with van der Waals surface area (Å²) in [5.41, 5.74) is 4.84. The highest BCUT2D eigenvalue weighted by atomic mass is 19.4. The number of hydrogen-bond acceptors (Lipinski definition) is 3. The van der Waals surface area contributed by atoms with E-state index in [-0.39, 0.29) is 26.0 Å². The summed E-state index contributed by atoms with van der Waals surface area (Å²) in [4.78, 5) is 22.0. The monoisotopic (exact) mass is 296 g/mol.